The van der Waals surface area contributed by atoms with Crippen LogP contribution in [-0.4, -0.2) is 29.3 Å². The predicted molar refractivity (Wildman–Crippen MR) is 128 cm³/mol. The van der Waals surface area contributed by atoms with E-state index < -0.39 is 40.6 Å². The largest absolute Gasteiger partial charge is 0.477 e. The van der Waals surface area contributed by atoms with Crippen molar-refractivity contribution >= 4 is 17.0 Å². The molecule has 0 radical (unpaired) electrons. The third-order valence-corrected chi connectivity index (χ3v) is 6.93. The van der Waals surface area contributed by atoms with Gasteiger partial charge in [-0.05, 0) is 55.2 Å². The summed E-state index contributed by atoms with van der Waals surface area (Å²) in [4.78, 5) is 51.3. The summed E-state index contributed by atoms with van der Waals surface area (Å²) in [6.07, 6.45) is -3.72. The predicted octanol–water partition coefficient (Wildman–Crippen LogP) is 2.93. The van der Waals surface area contributed by atoms with Crippen LogP contribution in [0.4, 0.5) is 13.2 Å². The van der Waals surface area contributed by atoms with Crippen molar-refractivity contribution < 1.29 is 23.1 Å². The molecule has 1 atom stereocenters. The Morgan fingerprint density at radius 3 is 2.46 bits per heavy atom. The number of rotatable bonds is 4. The number of fused-ring (bicyclic) bond motifs is 2. The lowest BCUT2D eigenvalue weighted by Crippen LogP contribution is -2.43. The van der Waals surface area contributed by atoms with Crippen molar-refractivity contribution in [3.8, 4) is 5.69 Å². The standard InChI is InChI=1S/C25H21F3N4O5/c1-3-30-20-11-13(7-9-19(20)29(2)23(30)36)31-12-16(22(34)35)21(33)32(24(31)37)18-10-8-14-15(18)5-4-6-17(14)25(26,27)28/h4-7,9,11-12,18H,3,8,10H2,1-2H3,(H,34,35)/t18-/m1/s1. The topological polar surface area (TPSA) is 108 Å². The number of aromatic nitrogens is 4. The normalized spacial score (nSPS) is 15.3. The lowest BCUT2D eigenvalue weighted by Gasteiger charge is -2.19. The molecule has 12 heteroatoms. The molecule has 1 aliphatic rings. The van der Waals surface area contributed by atoms with Crippen LogP contribution in [0.1, 0.15) is 46.4 Å². The van der Waals surface area contributed by atoms with Crippen LogP contribution in [0.5, 0.6) is 0 Å². The van der Waals surface area contributed by atoms with Crippen molar-refractivity contribution in [3.05, 3.63) is 96.2 Å². The first-order chi connectivity index (χ1) is 17.5. The number of alkyl halides is 3. The Labute approximate surface area is 206 Å². The van der Waals surface area contributed by atoms with Gasteiger partial charge in [0.05, 0.1) is 28.3 Å². The third-order valence-electron chi connectivity index (χ3n) is 6.93. The zero-order valence-corrected chi connectivity index (χ0v) is 19.7. The fraction of sp³-hybridized carbons (Fsp3) is 0.280. The van der Waals surface area contributed by atoms with Gasteiger partial charge in [-0.15, -0.1) is 0 Å². The summed E-state index contributed by atoms with van der Waals surface area (Å²) < 4.78 is 45.3. The van der Waals surface area contributed by atoms with Crippen LogP contribution >= 0.6 is 0 Å². The summed E-state index contributed by atoms with van der Waals surface area (Å²) in [5, 5.41) is 9.71. The quantitative estimate of drug-likeness (QED) is 0.451. The average molecular weight is 514 g/mol. The van der Waals surface area contributed by atoms with Gasteiger partial charge in [-0.2, -0.15) is 13.2 Å². The lowest BCUT2D eigenvalue weighted by molar-refractivity contribution is -0.138. The maximum Gasteiger partial charge on any atom is 0.416 e. The van der Waals surface area contributed by atoms with Gasteiger partial charge in [0.25, 0.3) is 5.56 Å². The van der Waals surface area contributed by atoms with E-state index in [0.29, 0.717) is 17.6 Å². The van der Waals surface area contributed by atoms with Crippen LogP contribution in [0.2, 0.25) is 0 Å². The molecule has 0 saturated heterocycles. The Hall–Kier alpha value is -4.35. The molecule has 5 rings (SSSR count). The van der Waals surface area contributed by atoms with Gasteiger partial charge in [0.1, 0.15) is 5.56 Å². The lowest BCUT2D eigenvalue weighted by atomic mass is 10.0. The number of halogens is 3. The van der Waals surface area contributed by atoms with Crippen molar-refractivity contribution in [1.29, 1.82) is 0 Å². The second-order valence-corrected chi connectivity index (χ2v) is 8.86. The molecule has 1 N–H and O–H groups in total. The molecule has 0 fully saturated rings. The number of carboxylic acid groups (broad SMARTS) is 1. The second kappa shape index (κ2) is 8.36. The molecule has 2 aromatic heterocycles. The molecule has 0 bridgehead atoms. The van der Waals surface area contributed by atoms with Crippen molar-refractivity contribution in [3.63, 3.8) is 0 Å². The number of benzene rings is 2. The fourth-order valence-corrected chi connectivity index (χ4v) is 5.20. The molecule has 9 nitrogen and oxygen atoms in total. The van der Waals surface area contributed by atoms with Crippen LogP contribution in [0.3, 0.4) is 0 Å². The minimum Gasteiger partial charge on any atom is -0.477 e. The highest BCUT2D eigenvalue weighted by atomic mass is 19.4. The number of hydrogen-bond donors (Lipinski definition) is 1. The number of nitrogens with zero attached hydrogens (tertiary/aromatic N) is 4. The molecule has 1 aliphatic carbocycles. The highest BCUT2D eigenvalue weighted by Gasteiger charge is 2.38. The van der Waals surface area contributed by atoms with E-state index in [-0.39, 0.29) is 35.3 Å². The van der Waals surface area contributed by atoms with E-state index in [4.69, 9.17) is 0 Å². The van der Waals surface area contributed by atoms with Crippen molar-refractivity contribution in [2.75, 3.05) is 0 Å². The first-order valence-corrected chi connectivity index (χ1v) is 11.5. The number of hydrogen-bond acceptors (Lipinski definition) is 4. The van der Waals surface area contributed by atoms with Gasteiger partial charge in [-0.3, -0.25) is 23.1 Å². The Morgan fingerprint density at radius 2 is 1.81 bits per heavy atom. The van der Waals surface area contributed by atoms with E-state index in [9.17, 15) is 37.5 Å². The summed E-state index contributed by atoms with van der Waals surface area (Å²) in [5.74, 6) is -1.58. The van der Waals surface area contributed by atoms with E-state index >= 15 is 0 Å². The molecule has 37 heavy (non-hydrogen) atoms. The fourth-order valence-electron chi connectivity index (χ4n) is 5.20. The number of imidazole rings is 1. The molecule has 4 aromatic rings. The summed E-state index contributed by atoms with van der Waals surface area (Å²) in [6, 6.07) is 7.14. The van der Waals surface area contributed by atoms with Crippen LogP contribution in [-0.2, 0) is 26.2 Å². The van der Waals surface area contributed by atoms with Gasteiger partial charge in [0.2, 0.25) is 0 Å². The molecular formula is C25H21F3N4O5. The van der Waals surface area contributed by atoms with Crippen LogP contribution in [0, 0.1) is 0 Å². The smallest absolute Gasteiger partial charge is 0.416 e. The van der Waals surface area contributed by atoms with E-state index in [1.54, 1.807) is 20.0 Å². The van der Waals surface area contributed by atoms with E-state index in [1.165, 1.54) is 33.4 Å². The minimum atomic E-state index is -4.62. The molecule has 192 valence electrons. The summed E-state index contributed by atoms with van der Waals surface area (Å²) >= 11 is 0. The van der Waals surface area contributed by atoms with Gasteiger partial charge < -0.3 is 5.11 Å². The summed E-state index contributed by atoms with van der Waals surface area (Å²) in [7, 11) is 1.60. The van der Waals surface area contributed by atoms with Crippen molar-refractivity contribution in [2.24, 2.45) is 7.05 Å². The van der Waals surface area contributed by atoms with Crippen LogP contribution < -0.4 is 16.9 Å². The Balaban J connectivity index is 1.77. The van der Waals surface area contributed by atoms with Gasteiger partial charge in [0.15, 0.2) is 0 Å². The Bertz CT molecular complexity index is 1770. The van der Waals surface area contributed by atoms with Gasteiger partial charge in [-0.1, -0.05) is 12.1 Å². The van der Waals surface area contributed by atoms with Crippen molar-refractivity contribution in [1.82, 2.24) is 18.3 Å². The minimum absolute atomic E-state index is 0.0174. The molecule has 0 spiro atoms. The first kappa shape index (κ1) is 24.3. The zero-order valence-electron chi connectivity index (χ0n) is 19.7. The van der Waals surface area contributed by atoms with E-state index in [0.717, 1.165) is 21.4 Å². The highest BCUT2D eigenvalue weighted by molar-refractivity contribution is 5.87. The number of aromatic carboxylic acids is 1. The summed E-state index contributed by atoms with van der Waals surface area (Å²) in [5.41, 5.74) is -2.41. The highest BCUT2D eigenvalue weighted by Crippen LogP contribution is 2.41. The van der Waals surface area contributed by atoms with E-state index in [1.807, 2.05) is 0 Å². The maximum atomic E-state index is 13.6. The van der Waals surface area contributed by atoms with Crippen LogP contribution in [0.25, 0.3) is 16.7 Å². The van der Waals surface area contributed by atoms with E-state index in [2.05, 4.69) is 0 Å². The van der Waals surface area contributed by atoms with Gasteiger partial charge in [-0.25, -0.2) is 14.4 Å². The average Bonchev–Trinajstić information content (AvgIpc) is 3.37. The molecule has 0 saturated carbocycles. The summed E-state index contributed by atoms with van der Waals surface area (Å²) in [6.45, 7) is 2.12. The van der Waals surface area contributed by atoms with Crippen molar-refractivity contribution in [2.45, 2.75) is 38.5 Å². The number of carboxylic acids is 1. The SMILES string of the molecule is CCn1c(=O)n(C)c2ccc(-n3cc(C(=O)O)c(=O)n([C@@H]4CCc5c4cccc5C(F)(F)F)c3=O)cc21. The molecular weight excluding hydrogens is 493 g/mol. The third kappa shape index (κ3) is 3.62. The first-order valence-electron chi connectivity index (χ1n) is 11.5. The number of aryl methyl sites for hydroxylation is 2. The van der Waals surface area contributed by atoms with Crippen LogP contribution in [0.15, 0.2) is 57.0 Å². The molecule has 0 unspecified atom stereocenters. The maximum absolute atomic E-state index is 13.6. The molecule has 0 aliphatic heterocycles. The Morgan fingerprint density at radius 1 is 1.08 bits per heavy atom. The molecule has 0 amide bonds. The monoisotopic (exact) mass is 514 g/mol. The zero-order chi connectivity index (χ0) is 26.8. The molecule has 2 heterocycles. The molecule has 2 aromatic carbocycles. The van der Waals surface area contributed by atoms with Gasteiger partial charge in [0, 0.05) is 19.8 Å². The Kier molecular flexibility index (Phi) is 5.50. The second-order valence-electron chi connectivity index (χ2n) is 8.86. The van der Waals surface area contributed by atoms with Gasteiger partial charge >= 0.3 is 23.5 Å². The number of carbonyl (C=O) groups is 1.